The fourth-order valence-corrected chi connectivity index (χ4v) is 3.61. The highest BCUT2D eigenvalue weighted by Gasteiger charge is 2.06. The molecule has 1 aromatic heterocycles. The van der Waals surface area contributed by atoms with Crippen LogP contribution >= 0.6 is 11.3 Å². The van der Waals surface area contributed by atoms with Crippen LogP contribution in [0.5, 0.6) is 0 Å². The SMILES string of the molecule is Fc1ccc(-c2cnc(CNCCC3=CCCCC3)s2)cc1. The fourth-order valence-electron chi connectivity index (χ4n) is 2.72. The lowest BCUT2D eigenvalue weighted by molar-refractivity contribution is 0.628. The third-order valence-corrected chi connectivity index (χ3v) is 5.01. The van der Waals surface area contributed by atoms with E-state index in [9.17, 15) is 4.39 Å². The molecule has 3 rings (SSSR count). The second-order valence-corrected chi connectivity index (χ2v) is 6.78. The first kappa shape index (κ1) is 15.4. The number of allylic oxidation sites excluding steroid dienone is 1. The molecule has 0 amide bonds. The van der Waals surface area contributed by atoms with Crippen molar-refractivity contribution >= 4 is 11.3 Å². The van der Waals surface area contributed by atoms with Crippen molar-refractivity contribution in [3.63, 3.8) is 0 Å². The Morgan fingerprint density at radius 1 is 1.18 bits per heavy atom. The van der Waals surface area contributed by atoms with E-state index in [1.54, 1.807) is 29.0 Å². The van der Waals surface area contributed by atoms with E-state index in [0.29, 0.717) is 0 Å². The molecule has 1 heterocycles. The molecule has 4 heteroatoms. The lowest BCUT2D eigenvalue weighted by Crippen LogP contribution is -2.15. The van der Waals surface area contributed by atoms with Gasteiger partial charge in [0.25, 0.3) is 0 Å². The second-order valence-electron chi connectivity index (χ2n) is 5.66. The maximum atomic E-state index is 12.9. The minimum atomic E-state index is -0.202. The predicted molar refractivity (Wildman–Crippen MR) is 90.4 cm³/mol. The second kappa shape index (κ2) is 7.65. The molecule has 2 nitrogen and oxygen atoms in total. The predicted octanol–water partition coefficient (Wildman–Crippen LogP) is 4.93. The van der Waals surface area contributed by atoms with E-state index in [4.69, 9.17) is 0 Å². The van der Waals surface area contributed by atoms with Crippen molar-refractivity contribution in [1.29, 1.82) is 0 Å². The zero-order valence-corrected chi connectivity index (χ0v) is 13.5. The topological polar surface area (TPSA) is 24.9 Å². The number of halogens is 1. The minimum absolute atomic E-state index is 0.202. The van der Waals surface area contributed by atoms with E-state index >= 15 is 0 Å². The molecular weight excluding hydrogens is 295 g/mol. The van der Waals surface area contributed by atoms with E-state index in [1.165, 1.54) is 37.8 Å². The van der Waals surface area contributed by atoms with Gasteiger partial charge in [0.2, 0.25) is 0 Å². The zero-order chi connectivity index (χ0) is 15.2. The molecule has 0 atom stereocenters. The van der Waals surface area contributed by atoms with Crippen molar-refractivity contribution in [1.82, 2.24) is 10.3 Å². The normalized spacial score (nSPS) is 14.9. The summed E-state index contributed by atoms with van der Waals surface area (Å²) in [5.41, 5.74) is 2.63. The number of thiazole rings is 1. The summed E-state index contributed by atoms with van der Waals surface area (Å²) in [6.45, 7) is 1.82. The molecule has 2 aromatic rings. The number of rotatable bonds is 6. The molecule has 1 aliphatic rings. The molecule has 0 saturated heterocycles. The van der Waals surface area contributed by atoms with Gasteiger partial charge in [-0.2, -0.15) is 0 Å². The number of aromatic nitrogens is 1. The van der Waals surface area contributed by atoms with Gasteiger partial charge in [0, 0.05) is 12.7 Å². The summed E-state index contributed by atoms with van der Waals surface area (Å²) in [6, 6.07) is 6.58. The van der Waals surface area contributed by atoms with E-state index in [1.807, 2.05) is 6.20 Å². The van der Waals surface area contributed by atoms with Gasteiger partial charge in [-0.15, -0.1) is 11.3 Å². The highest BCUT2D eigenvalue weighted by atomic mass is 32.1. The summed E-state index contributed by atoms with van der Waals surface area (Å²) in [5, 5.41) is 4.55. The molecular formula is C18H21FN2S. The number of nitrogens with one attached hydrogen (secondary N) is 1. The third kappa shape index (κ3) is 4.24. The number of benzene rings is 1. The van der Waals surface area contributed by atoms with Crippen LogP contribution in [-0.2, 0) is 6.54 Å². The minimum Gasteiger partial charge on any atom is -0.310 e. The average molecular weight is 316 g/mol. The van der Waals surface area contributed by atoms with Crippen LogP contribution in [0, 0.1) is 5.82 Å². The van der Waals surface area contributed by atoms with Crippen LogP contribution in [0.2, 0.25) is 0 Å². The largest absolute Gasteiger partial charge is 0.310 e. The Morgan fingerprint density at radius 3 is 2.82 bits per heavy atom. The lowest BCUT2D eigenvalue weighted by Gasteiger charge is -2.12. The molecule has 0 aliphatic heterocycles. The Morgan fingerprint density at radius 2 is 2.05 bits per heavy atom. The van der Waals surface area contributed by atoms with Gasteiger partial charge < -0.3 is 5.32 Å². The summed E-state index contributed by atoms with van der Waals surface area (Å²) in [6.07, 6.45) is 10.6. The van der Waals surface area contributed by atoms with E-state index < -0.39 is 0 Å². The molecule has 1 aromatic carbocycles. The van der Waals surface area contributed by atoms with Crippen molar-refractivity contribution in [3.8, 4) is 10.4 Å². The van der Waals surface area contributed by atoms with Crippen molar-refractivity contribution in [2.45, 2.75) is 38.6 Å². The van der Waals surface area contributed by atoms with Crippen LogP contribution in [-0.4, -0.2) is 11.5 Å². The van der Waals surface area contributed by atoms with Crippen LogP contribution in [0.25, 0.3) is 10.4 Å². The van der Waals surface area contributed by atoms with Crippen LogP contribution < -0.4 is 5.32 Å². The third-order valence-electron chi connectivity index (χ3n) is 3.97. The monoisotopic (exact) mass is 316 g/mol. The Labute approximate surface area is 135 Å². The van der Waals surface area contributed by atoms with Gasteiger partial charge in [0.15, 0.2) is 0 Å². The number of hydrogen-bond donors (Lipinski definition) is 1. The van der Waals surface area contributed by atoms with E-state index in [-0.39, 0.29) is 5.82 Å². The van der Waals surface area contributed by atoms with Gasteiger partial charge in [-0.3, -0.25) is 0 Å². The Hall–Kier alpha value is -1.52. The molecule has 0 spiro atoms. The van der Waals surface area contributed by atoms with Crippen molar-refractivity contribution < 1.29 is 4.39 Å². The van der Waals surface area contributed by atoms with Crippen molar-refractivity contribution in [2.24, 2.45) is 0 Å². The van der Waals surface area contributed by atoms with Gasteiger partial charge >= 0.3 is 0 Å². The molecule has 0 fully saturated rings. The average Bonchev–Trinajstić information content (AvgIpc) is 3.02. The molecule has 1 aliphatic carbocycles. The summed E-state index contributed by atoms with van der Waals surface area (Å²) in [4.78, 5) is 5.54. The van der Waals surface area contributed by atoms with Crippen LogP contribution in [0.15, 0.2) is 42.1 Å². The van der Waals surface area contributed by atoms with Crippen LogP contribution in [0.1, 0.15) is 37.1 Å². The molecule has 22 heavy (non-hydrogen) atoms. The molecule has 0 saturated carbocycles. The number of hydrogen-bond acceptors (Lipinski definition) is 3. The Kier molecular flexibility index (Phi) is 5.35. The lowest BCUT2D eigenvalue weighted by atomic mass is 9.97. The highest BCUT2D eigenvalue weighted by Crippen LogP contribution is 2.26. The Bertz CT molecular complexity index is 631. The molecule has 0 radical (unpaired) electrons. The summed E-state index contributed by atoms with van der Waals surface area (Å²) in [7, 11) is 0. The zero-order valence-electron chi connectivity index (χ0n) is 12.6. The van der Waals surface area contributed by atoms with Crippen LogP contribution in [0.3, 0.4) is 0 Å². The first-order valence-electron chi connectivity index (χ1n) is 7.90. The highest BCUT2D eigenvalue weighted by molar-refractivity contribution is 7.15. The Balaban J connectivity index is 1.47. The smallest absolute Gasteiger partial charge is 0.123 e. The van der Waals surface area contributed by atoms with Gasteiger partial charge in [0.1, 0.15) is 10.8 Å². The van der Waals surface area contributed by atoms with Gasteiger partial charge in [-0.05, 0) is 56.3 Å². The maximum absolute atomic E-state index is 12.9. The van der Waals surface area contributed by atoms with Crippen molar-refractivity contribution in [2.75, 3.05) is 6.54 Å². The number of nitrogens with zero attached hydrogens (tertiary/aromatic N) is 1. The van der Waals surface area contributed by atoms with Gasteiger partial charge in [-0.25, -0.2) is 9.37 Å². The quantitative estimate of drug-likeness (QED) is 0.604. The van der Waals surface area contributed by atoms with Gasteiger partial charge in [0.05, 0.1) is 4.88 Å². The first-order chi connectivity index (χ1) is 10.8. The summed E-state index contributed by atoms with van der Waals surface area (Å²) >= 11 is 1.67. The fraction of sp³-hybridized carbons (Fsp3) is 0.389. The first-order valence-corrected chi connectivity index (χ1v) is 8.72. The standard InChI is InChI=1S/C18H21FN2S/c19-16-8-6-15(7-9-16)17-12-21-18(22-17)13-20-11-10-14-4-2-1-3-5-14/h4,6-9,12,20H,1-3,5,10-11,13H2. The van der Waals surface area contributed by atoms with Gasteiger partial charge in [-0.1, -0.05) is 23.8 Å². The van der Waals surface area contributed by atoms with E-state index in [0.717, 1.165) is 35.0 Å². The van der Waals surface area contributed by atoms with E-state index in [2.05, 4.69) is 16.4 Å². The molecule has 116 valence electrons. The molecule has 0 unspecified atom stereocenters. The maximum Gasteiger partial charge on any atom is 0.123 e. The summed E-state index contributed by atoms with van der Waals surface area (Å²) < 4.78 is 12.9. The van der Waals surface area contributed by atoms with Crippen LogP contribution in [0.4, 0.5) is 4.39 Å². The molecule has 0 bridgehead atoms. The molecule has 1 N–H and O–H groups in total. The summed E-state index contributed by atoms with van der Waals surface area (Å²) in [5.74, 6) is -0.202. The van der Waals surface area contributed by atoms with Crippen molar-refractivity contribution in [3.05, 3.63) is 52.9 Å².